The normalized spacial score (nSPS) is 13.9. The SMILES string of the molecule is CCCCNC(=O)[C@H](OCc1ccccc1)[C@@H](OCc1ccccc1)[C@H](OCc1ccccc1)[C@H](O)COCc1ccccc1. The summed E-state index contributed by atoms with van der Waals surface area (Å²) in [6.07, 6.45) is -2.35. The average Bonchev–Trinajstić information content (AvgIpc) is 3.09. The highest BCUT2D eigenvalue weighted by molar-refractivity contribution is 5.81. The zero-order valence-corrected chi connectivity index (χ0v) is 26.0. The summed E-state index contributed by atoms with van der Waals surface area (Å²) in [5, 5.41) is 14.7. The molecular formula is C38H45NO6. The highest BCUT2D eigenvalue weighted by Gasteiger charge is 2.41. The van der Waals surface area contributed by atoms with E-state index in [0.717, 1.165) is 35.1 Å². The lowest BCUT2D eigenvalue weighted by molar-refractivity contribution is -0.191. The molecule has 0 heterocycles. The number of nitrogens with one attached hydrogen (secondary N) is 1. The van der Waals surface area contributed by atoms with Crippen molar-refractivity contribution in [1.29, 1.82) is 0 Å². The van der Waals surface area contributed by atoms with Gasteiger partial charge >= 0.3 is 0 Å². The molecule has 4 aromatic rings. The molecule has 238 valence electrons. The summed E-state index contributed by atoms with van der Waals surface area (Å²) >= 11 is 0. The smallest absolute Gasteiger partial charge is 0.251 e. The van der Waals surface area contributed by atoms with E-state index in [-0.39, 0.29) is 32.3 Å². The first-order valence-electron chi connectivity index (χ1n) is 15.7. The molecule has 45 heavy (non-hydrogen) atoms. The van der Waals surface area contributed by atoms with Gasteiger partial charge in [0.05, 0.1) is 33.0 Å². The first kappa shape index (κ1) is 34.0. The Morgan fingerprint density at radius 2 is 1.04 bits per heavy atom. The van der Waals surface area contributed by atoms with Gasteiger partial charge in [-0.3, -0.25) is 4.79 Å². The summed E-state index contributed by atoms with van der Waals surface area (Å²) in [5.41, 5.74) is 3.75. The third-order valence-corrected chi connectivity index (χ3v) is 7.33. The fourth-order valence-corrected chi connectivity index (χ4v) is 4.85. The molecular weight excluding hydrogens is 566 g/mol. The van der Waals surface area contributed by atoms with Gasteiger partial charge in [-0.15, -0.1) is 0 Å². The van der Waals surface area contributed by atoms with E-state index in [4.69, 9.17) is 18.9 Å². The van der Waals surface area contributed by atoms with Gasteiger partial charge < -0.3 is 29.4 Å². The van der Waals surface area contributed by atoms with Crippen LogP contribution in [0.5, 0.6) is 0 Å². The quantitative estimate of drug-likeness (QED) is 0.115. The van der Waals surface area contributed by atoms with E-state index in [2.05, 4.69) is 12.2 Å². The van der Waals surface area contributed by atoms with Crippen LogP contribution >= 0.6 is 0 Å². The molecule has 4 atom stereocenters. The number of rotatable bonds is 20. The zero-order valence-electron chi connectivity index (χ0n) is 26.0. The fourth-order valence-electron chi connectivity index (χ4n) is 4.85. The van der Waals surface area contributed by atoms with Crippen molar-refractivity contribution in [2.45, 2.75) is 70.6 Å². The Morgan fingerprint density at radius 3 is 1.51 bits per heavy atom. The zero-order chi connectivity index (χ0) is 31.5. The van der Waals surface area contributed by atoms with Gasteiger partial charge in [0.25, 0.3) is 5.91 Å². The van der Waals surface area contributed by atoms with E-state index >= 15 is 0 Å². The van der Waals surface area contributed by atoms with Crippen LogP contribution in [0.15, 0.2) is 121 Å². The summed E-state index contributed by atoms with van der Waals surface area (Å²) in [4.78, 5) is 13.8. The third-order valence-electron chi connectivity index (χ3n) is 7.33. The highest BCUT2D eigenvalue weighted by Crippen LogP contribution is 2.22. The number of amides is 1. The molecule has 0 aliphatic heterocycles. The average molecular weight is 612 g/mol. The molecule has 0 saturated heterocycles. The molecule has 0 aromatic heterocycles. The molecule has 0 spiro atoms. The number of carbonyl (C=O) groups excluding carboxylic acids is 1. The predicted octanol–water partition coefficient (Wildman–Crippen LogP) is 6.24. The van der Waals surface area contributed by atoms with Crippen LogP contribution in [0.1, 0.15) is 42.0 Å². The van der Waals surface area contributed by atoms with Crippen LogP contribution in [0.2, 0.25) is 0 Å². The number of benzene rings is 4. The third kappa shape index (κ3) is 11.9. The summed E-state index contributed by atoms with van der Waals surface area (Å²) in [6, 6.07) is 38.9. The van der Waals surface area contributed by atoms with Crippen LogP contribution in [-0.4, -0.2) is 48.6 Å². The maximum atomic E-state index is 13.8. The molecule has 7 nitrogen and oxygen atoms in total. The molecule has 1 amide bonds. The van der Waals surface area contributed by atoms with E-state index in [1.807, 2.05) is 121 Å². The van der Waals surface area contributed by atoms with Crippen LogP contribution in [0.25, 0.3) is 0 Å². The number of hydrogen-bond donors (Lipinski definition) is 2. The van der Waals surface area contributed by atoms with E-state index in [1.165, 1.54) is 0 Å². The molecule has 0 saturated carbocycles. The molecule has 7 heteroatoms. The lowest BCUT2D eigenvalue weighted by Gasteiger charge is -2.35. The van der Waals surface area contributed by atoms with Gasteiger partial charge in [-0.2, -0.15) is 0 Å². The molecule has 4 aromatic carbocycles. The van der Waals surface area contributed by atoms with E-state index in [9.17, 15) is 9.90 Å². The summed E-state index contributed by atoms with van der Waals surface area (Å²) in [7, 11) is 0. The maximum Gasteiger partial charge on any atom is 0.251 e. The number of ether oxygens (including phenoxy) is 4. The number of aliphatic hydroxyl groups excluding tert-OH is 1. The van der Waals surface area contributed by atoms with Crippen LogP contribution in [0, 0.1) is 0 Å². The molecule has 0 unspecified atom stereocenters. The topological polar surface area (TPSA) is 86.3 Å². The Morgan fingerprint density at radius 1 is 0.622 bits per heavy atom. The van der Waals surface area contributed by atoms with Crippen molar-refractivity contribution in [3.63, 3.8) is 0 Å². The summed E-state index contributed by atoms with van der Waals surface area (Å²) < 4.78 is 25.3. The van der Waals surface area contributed by atoms with Crippen molar-refractivity contribution in [2.24, 2.45) is 0 Å². The summed E-state index contributed by atoms with van der Waals surface area (Å²) in [5.74, 6) is -0.317. The molecule has 2 N–H and O–H groups in total. The molecule has 0 bridgehead atoms. The first-order valence-corrected chi connectivity index (χ1v) is 15.7. The van der Waals surface area contributed by atoms with Gasteiger partial charge in [-0.25, -0.2) is 0 Å². The van der Waals surface area contributed by atoms with Crippen molar-refractivity contribution in [3.8, 4) is 0 Å². The molecule has 0 radical (unpaired) electrons. The minimum Gasteiger partial charge on any atom is -0.388 e. The van der Waals surface area contributed by atoms with Crippen LogP contribution in [0.3, 0.4) is 0 Å². The largest absolute Gasteiger partial charge is 0.388 e. The van der Waals surface area contributed by atoms with Crippen LogP contribution in [0.4, 0.5) is 0 Å². The molecule has 0 fully saturated rings. The molecule has 0 aliphatic rings. The van der Waals surface area contributed by atoms with E-state index < -0.39 is 24.4 Å². The number of carbonyl (C=O) groups is 1. The molecule has 0 aliphatic carbocycles. The lowest BCUT2D eigenvalue weighted by atomic mass is 10.0. The van der Waals surface area contributed by atoms with Crippen molar-refractivity contribution in [2.75, 3.05) is 13.2 Å². The Hall–Kier alpha value is -3.85. The minimum atomic E-state index is -1.12. The minimum absolute atomic E-state index is 0.0254. The Bertz CT molecular complexity index is 1340. The monoisotopic (exact) mass is 611 g/mol. The van der Waals surface area contributed by atoms with Crippen LogP contribution < -0.4 is 5.32 Å². The second-order valence-corrected chi connectivity index (χ2v) is 11.0. The van der Waals surface area contributed by atoms with Crippen molar-refractivity contribution in [1.82, 2.24) is 5.32 Å². The van der Waals surface area contributed by atoms with Crippen molar-refractivity contribution in [3.05, 3.63) is 144 Å². The van der Waals surface area contributed by atoms with Gasteiger partial charge in [0.2, 0.25) is 0 Å². The highest BCUT2D eigenvalue weighted by atomic mass is 16.6. The first-order chi connectivity index (χ1) is 22.1. The van der Waals surface area contributed by atoms with E-state index in [1.54, 1.807) is 0 Å². The maximum absolute atomic E-state index is 13.8. The van der Waals surface area contributed by atoms with Crippen molar-refractivity contribution >= 4 is 5.91 Å². The number of unbranched alkanes of at least 4 members (excludes halogenated alkanes) is 1. The van der Waals surface area contributed by atoms with Crippen LogP contribution in [-0.2, 0) is 50.2 Å². The Balaban J connectivity index is 1.62. The number of hydrogen-bond acceptors (Lipinski definition) is 6. The fraction of sp³-hybridized carbons (Fsp3) is 0.342. The second kappa shape index (κ2) is 19.5. The van der Waals surface area contributed by atoms with Gasteiger partial charge in [0.1, 0.15) is 18.3 Å². The van der Waals surface area contributed by atoms with E-state index in [0.29, 0.717) is 13.2 Å². The second-order valence-electron chi connectivity index (χ2n) is 11.0. The number of aliphatic hydroxyl groups is 1. The lowest BCUT2D eigenvalue weighted by Crippen LogP contribution is -2.55. The predicted molar refractivity (Wildman–Crippen MR) is 175 cm³/mol. The standard InChI is InChI=1S/C38H45NO6/c1-2-3-24-39-38(41)37(45-28-33-22-14-7-15-23-33)36(44-27-32-20-12-6-13-21-32)35(43-26-31-18-10-5-11-19-31)34(40)29-42-25-30-16-8-4-9-17-30/h4-23,34-37,40H,2-3,24-29H2,1H3,(H,39,41)/t34-,35-,36+,37-/m1/s1. The van der Waals surface area contributed by atoms with Gasteiger partial charge in [-0.1, -0.05) is 135 Å². The Kier molecular flexibility index (Phi) is 14.8. The molecule has 4 rings (SSSR count). The van der Waals surface area contributed by atoms with Crippen molar-refractivity contribution < 1.29 is 28.8 Å². The van der Waals surface area contributed by atoms with Gasteiger partial charge in [0.15, 0.2) is 6.10 Å². The van der Waals surface area contributed by atoms with Gasteiger partial charge in [-0.05, 0) is 28.7 Å². The van der Waals surface area contributed by atoms with Gasteiger partial charge in [0, 0.05) is 6.54 Å². The summed E-state index contributed by atoms with van der Waals surface area (Å²) in [6.45, 7) is 3.46. The Labute approximate surface area is 267 Å².